The van der Waals surface area contributed by atoms with Gasteiger partial charge in [-0.1, -0.05) is 0 Å². The maximum Gasteiger partial charge on any atom is 0.387 e. The molecule has 0 atom stereocenters. The summed E-state index contributed by atoms with van der Waals surface area (Å²) in [7, 11) is 0. The third kappa shape index (κ3) is 3.37. The van der Waals surface area contributed by atoms with Crippen molar-refractivity contribution in [2.24, 2.45) is 16.6 Å². The highest BCUT2D eigenvalue weighted by Crippen LogP contribution is 2.27. The number of hydrogen-bond acceptors (Lipinski definition) is 4. The van der Waals surface area contributed by atoms with Crippen molar-refractivity contribution < 1.29 is 13.5 Å². The first-order chi connectivity index (χ1) is 10.6. The van der Waals surface area contributed by atoms with Crippen LogP contribution >= 0.6 is 0 Å². The average molecular weight is 307 g/mol. The first-order valence-electron chi connectivity index (χ1n) is 7.42. The molecule has 0 saturated carbocycles. The third-order valence-electron chi connectivity index (χ3n) is 4.12. The number of halogens is 2. The van der Waals surface area contributed by atoms with Crippen LogP contribution in [0.25, 0.3) is 0 Å². The number of nitrogens with zero attached hydrogens (tertiary/aromatic N) is 2. The quantitative estimate of drug-likeness (QED) is 0.930. The monoisotopic (exact) mass is 307 g/mol. The van der Waals surface area contributed by atoms with E-state index >= 15 is 0 Å². The van der Waals surface area contributed by atoms with Crippen LogP contribution in [-0.4, -0.2) is 32.0 Å². The van der Waals surface area contributed by atoms with Gasteiger partial charge in [-0.25, -0.2) is 0 Å². The van der Waals surface area contributed by atoms with Gasteiger partial charge in [0.2, 0.25) is 0 Å². The van der Waals surface area contributed by atoms with Gasteiger partial charge in [0, 0.05) is 36.1 Å². The van der Waals surface area contributed by atoms with Crippen molar-refractivity contribution >= 4 is 11.4 Å². The average Bonchev–Trinajstić information content (AvgIpc) is 2.94. The maximum atomic E-state index is 12.1. The number of anilines is 1. The van der Waals surface area contributed by atoms with E-state index < -0.39 is 6.61 Å². The number of piperidine rings is 1. The summed E-state index contributed by atoms with van der Waals surface area (Å²) in [6.45, 7) is -0.311. The molecule has 2 aliphatic heterocycles. The maximum absolute atomic E-state index is 12.1. The van der Waals surface area contributed by atoms with Gasteiger partial charge in [0.1, 0.15) is 5.75 Å². The third-order valence-corrected chi connectivity index (χ3v) is 4.12. The van der Waals surface area contributed by atoms with Gasteiger partial charge in [0.05, 0.1) is 6.54 Å². The fraction of sp³-hybridized carbons (Fsp3) is 0.438. The summed E-state index contributed by atoms with van der Waals surface area (Å²) < 4.78 is 28.6. The number of nitrogens with two attached hydrogens (primary N) is 1. The number of allylic oxidation sites excluding steroid dienone is 1. The number of benzene rings is 1. The van der Waals surface area contributed by atoms with E-state index in [0.29, 0.717) is 12.5 Å². The zero-order valence-electron chi connectivity index (χ0n) is 12.2. The fourth-order valence-corrected chi connectivity index (χ4v) is 2.98. The second-order valence-corrected chi connectivity index (χ2v) is 5.59. The van der Waals surface area contributed by atoms with Crippen molar-refractivity contribution in [3.8, 4) is 5.75 Å². The summed E-state index contributed by atoms with van der Waals surface area (Å²) in [6.07, 6.45) is 4.05. The molecule has 4 nitrogen and oxygen atoms in total. The number of ether oxygens (including phenoxy) is 1. The molecular formula is C16H19F2N3O. The van der Waals surface area contributed by atoms with Crippen LogP contribution < -0.4 is 15.4 Å². The second kappa shape index (κ2) is 6.34. The van der Waals surface area contributed by atoms with Crippen molar-refractivity contribution in [1.82, 2.24) is 0 Å². The van der Waals surface area contributed by atoms with Crippen LogP contribution in [0.1, 0.15) is 12.8 Å². The molecule has 2 heterocycles. The minimum Gasteiger partial charge on any atom is -0.435 e. The van der Waals surface area contributed by atoms with Crippen molar-refractivity contribution in [2.75, 3.05) is 24.5 Å². The Bertz CT molecular complexity index is 576. The summed E-state index contributed by atoms with van der Waals surface area (Å²) in [6, 6.07) is 6.81. The van der Waals surface area contributed by atoms with Gasteiger partial charge in [-0.05, 0) is 43.2 Å². The van der Waals surface area contributed by atoms with E-state index in [1.807, 2.05) is 18.2 Å². The van der Waals surface area contributed by atoms with E-state index in [1.54, 1.807) is 12.1 Å². The molecule has 1 fully saturated rings. The topological polar surface area (TPSA) is 50.8 Å². The smallest absolute Gasteiger partial charge is 0.387 e. The van der Waals surface area contributed by atoms with Gasteiger partial charge in [-0.15, -0.1) is 0 Å². The minimum absolute atomic E-state index is 0.189. The van der Waals surface area contributed by atoms with Crippen molar-refractivity contribution in [3.63, 3.8) is 0 Å². The van der Waals surface area contributed by atoms with Crippen LogP contribution in [-0.2, 0) is 0 Å². The first kappa shape index (κ1) is 14.8. The molecule has 0 radical (unpaired) electrons. The standard InChI is InChI=1S/C16H19F2N3O/c17-16(18)22-14-3-1-13(2-4-14)21-7-5-11(6-8-21)15-9-12(19)10-20-15/h1-4,9,11,16H,5-8,10,19H2. The van der Waals surface area contributed by atoms with E-state index in [2.05, 4.69) is 14.6 Å². The number of rotatable bonds is 4. The van der Waals surface area contributed by atoms with Gasteiger partial charge in [-0.3, -0.25) is 4.99 Å². The van der Waals surface area contributed by atoms with Crippen LogP contribution in [0.15, 0.2) is 41.0 Å². The Balaban J connectivity index is 1.57. The Hall–Kier alpha value is -2.11. The summed E-state index contributed by atoms with van der Waals surface area (Å²) in [5, 5.41) is 0. The molecule has 0 aromatic heterocycles. The number of hydrogen-bond donors (Lipinski definition) is 1. The molecule has 0 spiro atoms. The van der Waals surface area contributed by atoms with E-state index in [4.69, 9.17) is 5.73 Å². The summed E-state index contributed by atoms with van der Waals surface area (Å²) >= 11 is 0. The lowest BCUT2D eigenvalue weighted by Gasteiger charge is -2.33. The Morgan fingerprint density at radius 2 is 1.86 bits per heavy atom. The molecule has 118 valence electrons. The molecule has 1 saturated heterocycles. The fourth-order valence-electron chi connectivity index (χ4n) is 2.98. The highest BCUT2D eigenvalue weighted by molar-refractivity contribution is 5.99. The lowest BCUT2D eigenvalue weighted by molar-refractivity contribution is -0.0498. The van der Waals surface area contributed by atoms with Crippen molar-refractivity contribution in [3.05, 3.63) is 36.0 Å². The molecule has 0 unspecified atom stereocenters. The molecule has 1 aromatic rings. The highest BCUT2D eigenvalue weighted by Gasteiger charge is 2.24. The van der Waals surface area contributed by atoms with E-state index in [9.17, 15) is 8.78 Å². The Morgan fingerprint density at radius 1 is 1.18 bits per heavy atom. The van der Waals surface area contributed by atoms with Gasteiger partial charge >= 0.3 is 6.61 Å². The van der Waals surface area contributed by atoms with Crippen molar-refractivity contribution in [2.45, 2.75) is 19.5 Å². The van der Waals surface area contributed by atoms with Crippen LogP contribution in [0.4, 0.5) is 14.5 Å². The summed E-state index contributed by atoms with van der Waals surface area (Å²) in [5.41, 5.74) is 8.76. The van der Waals surface area contributed by atoms with Crippen LogP contribution in [0.3, 0.4) is 0 Å². The molecule has 22 heavy (non-hydrogen) atoms. The molecule has 6 heteroatoms. The molecule has 1 aromatic carbocycles. The van der Waals surface area contributed by atoms with Gasteiger partial charge in [0.15, 0.2) is 0 Å². The van der Waals surface area contributed by atoms with E-state index in [-0.39, 0.29) is 5.75 Å². The summed E-state index contributed by atoms with van der Waals surface area (Å²) in [5.74, 6) is 0.660. The molecule has 0 aliphatic carbocycles. The predicted molar refractivity (Wildman–Crippen MR) is 82.6 cm³/mol. The molecule has 0 amide bonds. The van der Waals surface area contributed by atoms with Gasteiger partial charge < -0.3 is 15.4 Å². The summed E-state index contributed by atoms with van der Waals surface area (Å²) in [4.78, 5) is 6.73. The van der Waals surface area contributed by atoms with Crippen LogP contribution in [0.5, 0.6) is 5.75 Å². The second-order valence-electron chi connectivity index (χ2n) is 5.59. The SMILES string of the molecule is NC1=CC(C2CCN(c3ccc(OC(F)F)cc3)CC2)=NC1. The van der Waals surface area contributed by atoms with E-state index in [1.165, 1.54) is 0 Å². The van der Waals surface area contributed by atoms with Crippen molar-refractivity contribution in [1.29, 1.82) is 0 Å². The molecule has 3 rings (SSSR count). The molecular weight excluding hydrogens is 288 g/mol. The highest BCUT2D eigenvalue weighted by atomic mass is 19.3. The largest absolute Gasteiger partial charge is 0.435 e. The van der Waals surface area contributed by atoms with Crippen LogP contribution in [0, 0.1) is 5.92 Å². The van der Waals surface area contributed by atoms with Crippen LogP contribution in [0.2, 0.25) is 0 Å². The predicted octanol–water partition coefficient (Wildman–Crippen LogP) is 2.80. The lowest BCUT2D eigenvalue weighted by Crippen LogP contribution is -2.35. The molecule has 2 N–H and O–H groups in total. The Kier molecular flexibility index (Phi) is 4.27. The van der Waals surface area contributed by atoms with Gasteiger partial charge in [0.25, 0.3) is 0 Å². The zero-order chi connectivity index (χ0) is 15.5. The number of aliphatic imine (C=N–C) groups is 1. The first-order valence-corrected chi connectivity index (χ1v) is 7.42. The van der Waals surface area contributed by atoms with Gasteiger partial charge in [-0.2, -0.15) is 8.78 Å². The zero-order valence-corrected chi connectivity index (χ0v) is 12.2. The molecule has 2 aliphatic rings. The molecule has 0 bridgehead atoms. The Labute approximate surface area is 128 Å². The normalized spacial score (nSPS) is 19.3. The minimum atomic E-state index is -2.78. The lowest BCUT2D eigenvalue weighted by atomic mass is 9.91. The number of alkyl halides is 2. The van der Waals surface area contributed by atoms with E-state index in [0.717, 1.165) is 43.0 Å². The Morgan fingerprint density at radius 3 is 2.41 bits per heavy atom.